The van der Waals surface area contributed by atoms with Crippen molar-refractivity contribution in [3.05, 3.63) is 28.2 Å². The predicted octanol–water partition coefficient (Wildman–Crippen LogP) is 1.63. The van der Waals surface area contributed by atoms with Crippen LogP contribution in [-0.4, -0.2) is 15.5 Å². The maximum atomic E-state index is 11.2. The lowest BCUT2D eigenvalue weighted by Gasteiger charge is -2.09. The molecule has 0 amide bonds. The highest BCUT2D eigenvalue weighted by Crippen LogP contribution is 2.23. The van der Waals surface area contributed by atoms with Gasteiger partial charge in [-0.3, -0.25) is 4.72 Å². The Morgan fingerprint density at radius 3 is 2.57 bits per heavy atom. The molecule has 0 aliphatic heterocycles. The first kappa shape index (κ1) is 11.5. The van der Waals surface area contributed by atoms with Gasteiger partial charge < -0.3 is 0 Å². The SMILES string of the molecule is CNS(=O)(=O)Nc1cccc(Br)c1C. The number of nitrogens with one attached hydrogen (secondary N) is 2. The third-order valence-corrected chi connectivity index (χ3v) is 3.67. The molecule has 0 fully saturated rings. The number of rotatable bonds is 3. The average Bonchev–Trinajstić information content (AvgIpc) is 2.13. The molecule has 0 aliphatic rings. The zero-order chi connectivity index (χ0) is 10.8. The van der Waals surface area contributed by atoms with E-state index in [9.17, 15) is 8.42 Å². The molecule has 0 aliphatic carbocycles. The second kappa shape index (κ2) is 4.29. The monoisotopic (exact) mass is 278 g/mol. The molecule has 0 saturated carbocycles. The van der Waals surface area contributed by atoms with Gasteiger partial charge in [0.25, 0.3) is 10.2 Å². The van der Waals surface area contributed by atoms with Gasteiger partial charge in [-0.2, -0.15) is 8.42 Å². The van der Waals surface area contributed by atoms with Crippen molar-refractivity contribution in [1.82, 2.24) is 4.72 Å². The van der Waals surface area contributed by atoms with Gasteiger partial charge in [-0.05, 0) is 24.6 Å². The smallest absolute Gasteiger partial charge is 0.271 e. The molecule has 78 valence electrons. The van der Waals surface area contributed by atoms with Gasteiger partial charge in [-0.25, -0.2) is 4.72 Å². The Morgan fingerprint density at radius 1 is 1.36 bits per heavy atom. The van der Waals surface area contributed by atoms with E-state index in [4.69, 9.17) is 0 Å². The number of hydrogen-bond acceptors (Lipinski definition) is 2. The largest absolute Gasteiger partial charge is 0.298 e. The first-order valence-electron chi connectivity index (χ1n) is 3.92. The fourth-order valence-corrected chi connectivity index (χ4v) is 1.89. The summed E-state index contributed by atoms with van der Waals surface area (Å²) in [5.41, 5.74) is 1.42. The van der Waals surface area contributed by atoms with Crippen molar-refractivity contribution >= 4 is 31.8 Å². The van der Waals surface area contributed by atoms with Crippen LogP contribution < -0.4 is 9.44 Å². The molecule has 0 aromatic heterocycles. The molecule has 0 saturated heterocycles. The third-order valence-electron chi connectivity index (χ3n) is 1.78. The zero-order valence-electron chi connectivity index (χ0n) is 7.83. The first-order valence-corrected chi connectivity index (χ1v) is 6.20. The highest BCUT2D eigenvalue weighted by molar-refractivity contribution is 9.10. The molecule has 0 unspecified atom stereocenters. The maximum Gasteiger partial charge on any atom is 0.298 e. The Bertz CT molecular complexity index is 431. The minimum Gasteiger partial charge on any atom is -0.271 e. The molecule has 1 rings (SSSR count). The first-order chi connectivity index (χ1) is 6.46. The standard InChI is InChI=1S/C8H11BrN2O2S/c1-6-7(9)4-3-5-8(6)11-14(12,13)10-2/h3-5,10-11H,1-2H3. The van der Waals surface area contributed by atoms with Crippen molar-refractivity contribution in [2.45, 2.75) is 6.92 Å². The van der Waals surface area contributed by atoms with Crippen LogP contribution in [0.2, 0.25) is 0 Å². The summed E-state index contributed by atoms with van der Waals surface area (Å²) in [6, 6.07) is 5.33. The molecule has 4 nitrogen and oxygen atoms in total. The van der Waals surface area contributed by atoms with Crippen molar-refractivity contribution in [2.75, 3.05) is 11.8 Å². The van der Waals surface area contributed by atoms with E-state index in [0.717, 1.165) is 10.0 Å². The van der Waals surface area contributed by atoms with E-state index in [1.807, 2.05) is 13.0 Å². The van der Waals surface area contributed by atoms with E-state index in [-0.39, 0.29) is 0 Å². The van der Waals surface area contributed by atoms with Crippen molar-refractivity contribution < 1.29 is 8.42 Å². The van der Waals surface area contributed by atoms with Gasteiger partial charge in [0, 0.05) is 11.5 Å². The van der Waals surface area contributed by atoms with Crippen LogP contribution in [0.15, 0.2) is 22.7 Å². The van der Waals surface area contributed by atoms with E-state index in [0.29, 0.717) is 5.69 Å². The van der Waals surface area contributed by atoms with Crippen LogP contribution >= 0.6 is 15.9 Å². The van der Waals surface area contributed by atoms with Crippen LogP contribution in [0, 0.1) is 6.92 Å². The van der Waals surface area contributed by atoms with Crippen LogP contribution in [0.5, 0.6) is 0 Å². The van der Waals surface area contributed by atoms with E-state index >= 15 is 0 Å². The molecule has 0 bridgehead atoms. The normalized spacial score (nSPS) is 11.4. The molecule has 14 heavy (non-hydrogen) atoms. The quantitative estimate of drug-likeness (QED) is 0.883. The van der Waals surface area contributed by atoms with Gasteiger partial charge in [0.15, 0.2) is 0 Å². The maximum absolute atomic E-state index is 11.2. The van der Waals surface area contributed by atoms with Gasteiger partial charge in [0.2, 0.25) is 0 Å². The molecule has 6 heteroatoms. The van der Waals surface area contributed by atoms with E-state index < -0.39 is 10.2 Å². The highest BCUT2D eigenvalue weighted by Gasteiger charge is 2.08. The summed E-state index contributed by atoms with van der Waals surface area (Å²) in [5.74, 6) is 0. The average molecular weight is 279 g/mol. The summed E-state index contributed by atoms with van der Waals surface area (Å²) >= 11 is 3.32. The van der Waals surface area contributed by atoms with Gasteiger partial charge >= 0.3 is 0 Å². The van der Waals surface area contributed by atoms with Crippen molar-refractivity contribution in [1.29, 1.82) is 0 Å². The number of anilines is 1. The van der Waals surface area contributed by atoms with Crippen LogP contribution in [0.25, 0.3) is 0 Å². The Hall–Kier alpha value is -0.590. The molecular weight excluding hydrogens is 268 g/mol. The van der Waals surface area contributed by atoms with Crippen LogP contribution in [0.4, 0.5) is 5.69 Å². The second-order valence-electron chi connectivity index (χ2n) is 2.72. The molecule has 0 radical (unpaired) electrons. The Balaban J connectivity index is 3.05. The van der Waals surface area contributed by atoms with Crippen molar-refractivity contribution in [2.24, 2.45) is 0 Å². The van der Waals surface area contributed by atoms with E-state index in [1.54, 1.807) is 12.1 Å². The molecule has 0 heterocycles. The minimum absolute atomic E-state index is 0.564. The molecule has 2 N–H and O–H groups in total. The Morgan fingerprint density at radius 2 is 2.00 bits per heavy atom. The summed E-state index contributed by atoms with van der Waals surface area (Å²) in [6.07, 6.45) is 0. The van der Waals surface area contributed by atoms with Gasteiger partial charge in [-0.1, -0.05) is 22.0 Å². The van der Waals surface area contributed by atoms with Gasteiger partial charge in [-0.15, -0.1) is 0 Å². The zero-order valence-corrected chi connectivity index (χ0v) is 10.2. The molecular formula is C8H11BrN2O2S. The lowest BCUT2D eigenvalue weighted by atomic mass is 10.2. The number of benzene rings is 1. The summed E-state index contributed by atoms with van der Waals surface area (Å²) < 4.78 is 27.8. The van der Waals surface area contributed by atoms with Crippen molar-refractivity contribution in [3.8, 4) is 0 Å². The summed E-state index contributed by atoms with van der Waals surface area (Å²) in [6.45, 7) is 1.83. The van der Waals surface area contributed by atoms with Gasteiger partial charge in [0.05, 0.1) is 5.69 Å². The fourth-order valence-electron chi connectivity index (χ4n) is 0.914. The van der Waals surface area contributed by atoms with E-state index in [1.165, 1.54) is 7.05 Å². The Kier molecular flexibility index (Phi) is 3.52. The van der Waals surface area contributed by atoms with Crippen molar-refractivity contribution in [3.63, 3.8) is 0 Å². The molecule has 0 spiro atoms. The van der Waals surface area contributed by atoms with Crippen LogP contribution in [0.3, 0.4) is 0 Å². The molecule has 0 atom stereocenters. The lowest BCUT2D eigenvalue weighted by molar-refractivity contribution is 0.593. The van der Waals surface area contributed by atoms with Gasteiger partial charge in [0.1, 0.15) is 0 Å². The summed E-state index contributed by atoms with van der Waals surface area (Å²) in [5, 5.41) is 0. The van der Waals surface area contributed by atoms with Crippen LogP contribution in [-0.2, 0) is 10.2 Å². The molecule has 1 aromatic carbocycles. The third kappa shape index (κ3) is 2.70. The number of hydrogen-bond donors (Lipinski definition) is 2. The summed E-state index contributed by atoms with van der Waals surface area (Å²) in [4.78, 5) is 0. The predicted molar refractivity (Wildman–Crippen MR) is 60.5 cm³/mol. The van der Waals surface area contributed by atoms with Crippen LogP contribution in [0.1, 0.15) is 5.56 Å². The minimum atomic E-state index is -3.43. The topological polar surface area (TPSA) is 58.2 Å². The Labute approximate surface area is 92.0 Å². The van der Waals surface area contributed by atoms with E-state index in [2.05, 4.69) is 25.4 Å². The molecule has 1 aromatic rings. The highest BCUT2D eigenvalue weighted by atomic mass is 79.9. The fraction of sp³-hybridized carbons (Fsp3) is 0.250. The second-order valence-corrected chi connectivity index (χ2v) is 5.20. The lowest BCUT2D eigenvalue weighted by Crippen LogP contribution is -2.26. The summed E-state index contributed by atoms with van der Waals surface area (Å²) in [7, 11) is -2.08. The number of halogens is 1.